The van der Waals surface area contributed by atoms with Crippen molar-refractivity contribution >= 4 is 35.6 Å². The van der Waals surface area contributed by atoms with E-state index >= 15 is 0 Å². The van der Waals surface area contributed by atoms with E-state index in [4.69, 9.17) is 4.43 Å². The summed E-state index contributed by atoms with van der Waals surface area (Å²) in [5.74, 6) is 0.231. The highest BCUT2D eigenvalue weighted by atomic mass is 79.9. The standard InChI is InChI=1S/C16H27BrO2SSi/c1-16(2,3)21(4,5)19-13-8-6-7-11(13)14(18)15-12(17)9-10-20-15/h9-11,13-14,18H,6-8H2,1-5H3/t11-,13-,14?/m1/s1. The molecule has 2 rings (SSSR count). The normalized spacial score (nSPS) is 25.3. The largest absolute Gasteiger partial charge is 0.414 e. The van der Waals surface area contributed by atoms with Crippen LogP contribution in [-0.4, -0.2) is 19.5 Å². The zero-order chi connectivity index (χ0) is 15.8. The van der Waals surface area contributed by atoms with Crippen LogP contribution in [-0.2, 0) is 4.43 Å². The van der Waals surface area contributed by atoms with Gasteiger partial charge in [0.25, 0.3) is 0 Å². The van der Waals surface area contributed by atoms with Crippen LogP contribution in [0.2, 0.25) is 18.1 Å². The SMILES string of the molecule is CC(C)(C)[Si](C)(C)O[C@@H]1CCC[C@H]1C(O)c1sccc1Br. The zero-order valence-electron chi connectivity index (χ0n) is 13.6. The van der Waals surface area contributed by atoms with Gasteiger partial charge in [0, 0.05) is 15.3 Å². The van der Waals surface area contributed by atoms with E-state index in [1.54, 1.807) is 11.3 Å². The summed E-state index contributed by atoms with van der Waals surface area (Å²) in [4.78, 5) is 1.05. The molecule has 1 saturated carbocycles. The molecule has 3 atom stereocenters. The van der Waals surface area contributed by atoms with Gasteiger partial charge < -0.3 is 9.53 Å². The van der Waals surface area contributed by atoms with E-state index in [0.29, 0.717) is 0 Å². The zero-order valence-corrected chi connectivity index (χ0v) is 17.1. The lowest BCUT2D eigenvalue weighted by molar-refractivity contribution is 0.0381. The lowest BCUT2D eigenvalue weighted by Crippen LogP contribution is -2.45. The van der Waals surface area contributed by atoms with Crippen molar-refractivity contribution in [1.29, 1.82) is 0 Å². The van der Waals surface area contributed by atoms with Crippen LogP contribution in [0.5, 0.6) is 0 Å². The molecular formula is C16H27BrO2SSi. The van der Waals surface area contributed by atoms with Gasteiger partial charge in [-0.2, -0.15) is 0 Å². The molecule has 120 valence electrons. The van der Waals surface area contributed by atoms with Crippen LogP contribution >= 0.6 is 27.3 Å². The molecular weight excluding hydrogens is 364 g/mol. The Morgan fingerprint density at radius 3 is 2.57 bits per heavy atom. The maximum absolute atomic E-state index is 10.8. The van der Waals surface area contributed by atoms with Crippen LogP contribution < -0.4 is 0 Å². The predicted octanol–water partition coefficient (Wildman–Crippen LogP) is 5.73. The first kappa shape index (κ1) is 17.7. The second kappa shape index (κ2) is 6.44. The second-order valence-corrected chi connectivity index (χ2v) is 14.1. The van der Waals surface area contributed by atoms with E-state index in [1.165, 1.54) is 0 Å². The van der Waals surface area contributed by atoms with Gasteiger partial charge in [0.05, 0.1) is 12.2 Å². The maximum Gasteiger partial charge on any atom is 0.192 e. The molecule has 5 heteroatoms. The Hall–Kier alpha value is 0.317. The highest BCUT2D eigenvalue weighted by Crippen LogP contribution is 2.45. The van der Waals surface area contributed by atoms with Crippen molar-refractivity contribution in [3.05, 3.63) is 20.8 Å². The molecule has 1 N–H and O–H groups in total. The molecule has 1 aromatic rings. The molecule has 0 amide bonds. The quantitative estimate of drug-likeness (QED) is 0.664. The third-order valence-electron chi connectivity index (χ3n) is 5.07. The molecule has 0 spiro atoms. The summed E-state index contributed by atoms with van der Waals surface area (Å²) in [6.07, 6.45) is 3.10. The second-order valence-electron chi connectivity index (χ2n) is 7.59. The first-order valence-corrected chi connectivity index (χ1v) is 12.3. The average Bonchev–Trinajstić information content (AvgIpc) is 2.95. The van der Waals surface area contributed by atoms with Gasteiger partial charge in [-0.25, -0.2) is 0 Å². The summed E-state index contributed by atoms with van der Waals surface area (Å²) in [5.41, 5.74) is 0. The van der Waals surface area contributed by atoms with E-state index in [1.807, 2.05) is 11.4 Å². The van der Waals surface area contributed by atoms with Crippen molar-refractivity contribution < 1.29 is 9.53 Å². The Labute approximate surface area is 142 Å². The van der Waals surface area contributed by atoms with Gasteiger partial charge in [-0.15, -0.1) is 11.3 Å². The third kappa shape index (κ3) is 3.81. The van der Waals surface area contributed by atoms with Gasteiger partial charge >= 0.3 is 0 Å². The molecule has 1 aliphatic carbocycles. The molecule has 0 saturated heterocycles. The molecule has 2 nitrogen and oxygen atoms in total. The molecule has 1 heterocycles. The van der Waals surface area contributed by atoms with Crippen LogP contribution in [0.25, 0.3) is 0 Å². The predicted molar refractivity (Wildman–Crippen MR) is 96.4 cm³/mol. The molecule has 0 bridgehead atoms. The summed E-state index contributed by atoms with van der Waals surface area (Å²) in [7, 11) is -1.78. The first-order chi connectivity index (χ1) is 9.63. The molecule has 1 fully saturated rings. The molecule has 21 heavy (non-hydrogen) atoms. The van der Waals surface area contributed by atoms with Gasteiger partial charge in [-0.3, -0.25) is 0 Å². The number of aliphatic hydroxyl groups is 1. The molecule has 0 radical (unpaired) electrons. The van der Waals surface area contributed by atoms with Crippen molar-refractivity contribution in [3.8, 4) is 0 Å². The van der Waals surface area contributed by atoms with Crippen molar-refractivity contribution in [3.63, 3.8) is 0 Å². The molecule has 0 aliphatic heterocycles. The Kier molecular flexibility index (Phi) is 5.42. The Morgan fingerprint density at radius 1 is 1.38 bits per heavy atom. The van der Waals surface area contributed by atoms with Crippen LogP contribution in [0.3, 0.4) is 0 Å². The first-order valence-electron chi connectivity index (χ1n) is 7.72. The Balaban J connectivity index is 2.12. The number of rotatable bonds is 4. The number of thiophene rings is 1. The van der Waals surface area contributed by atoms with Gasteiger partial charge in [0.15, 0.2) is 8.32 Å². The fraction of sp³-hybridized carbons (Fsp3) is 0.750. The lowest BCUT2D eigenvalue weighted by atomic mass is 9.97. The monoisotopic (exact) mass is 390 g/mol. The third-order valence-corrected chi connectivity index (χ3v) is 11.5. The number of hydrogen-bond donors (Lipinski definition) is 1. The molecule has 1 unspecified atom stereocenters. The number of aliphatic hydroxyl groups excluding tert-OH is 1. The number of halogens is 1. The van der Waals surface area contributed by atoms with Gasteiger partial charge in [-0.1, -0.05) is 27.2 Å². The smallest absolute Gasteiger partial charge is 0.192 e. The van der Waals surface area contributed by atoms with Crippen molar-refractivity contribution in [2.75, 3.05) is 0 Å². The fourth-order valence-electron chi connectivity index (χ4n) is 2.73. The minimum atomic E-state index is -1.78. The topological polar surface area (TPSA) is 29.5 Å². The Bertz CT molecular complexity index is 481. The van der Waals surface area contributed by atoms with Crippen LogP contribution in [0.1, 0.15) is 51.0 Å². The molecule has 0 aromatic carbocycles. The van der Waals surface area contributed by atoms with Gasteiger partial charge in [0.1, 0.15) is 0 Å². The number of hydrogen-bond acceptors (Lipinski definition) is 3. The minimum Gasteiger partial charge on any atom is -0.414 e. The molecule has 1 aromatic heterocycles. The summed E-state index contributed by atoms with van der Waals surface area (Å²) >= 11 is 5.17. The van der Waals surface area contributed by atoms with Crippen LogP contribution in [0.15, 0.2) is 15.9 Å². The summed E-state index contributed by atoms with van der Waals surface area (Å²) in [6.45, 7) is 11.4. The fourth-order valence-corrected chi connectivity index (χ4v) is 5.80. The van der Waals surface area contributed by atoms with E-state index in [2.05, 4.69) is 49.8 Å². The maximum atomic E-state index is 10.8. The van der Waals surface area contributed by atoms with Crippen molar-refractivity contribution in [1.82, 2.24) is 0 Å². The van der Waals surface area contributed by atoms with E-state index < -0.39 is 14.4 Å². The van der Waals surface area contributed by atoms with Crippen LogP contribution in [0, 0.1) is 5.92 Å². The lowest BCUT2D eigenvalue weighted by Gasteiger charge is -2.40. The van der Waals surface area contributed by atoms with E-state index in [-0.39, 0.29) is 17.1 Å². The van der Waals surface area contributed by atoms with Gasteiger partial charge in [-0.05, 0) is 58.4 Å². The van der Waals surface area contributed by atoms with Gasteiger partial charge in [0.2, 0.25) is 0 Å². The minimum absolute atomic E-state index is 0.204. The highest BCUT2D eigenvalue weighted by molar-refractivity contribution is 9.10. The van der Waals surface area contributed by atoms with Crippen LogP contribution in [0.4, 0.5) is 0 Å². The summed E-state index contributed by atoms with van der Waals surface area (Å²) in [5, 5.41) is 13.0. The highest BCUT2D eigenvalue weighted by Gasteiger charge is 2.43. The Morgan fingerprint density at radius 2 is 2.05 bits per heavy atom. The molecule has 1 aliphatic rings. The van der Waals surface area contributed by atoms with Crippen molar-refractivity contribution in [2.45, 2.75) is 70.4 Å². The summed E-state index contributed by atoms with van der Waals surface area (Å²) in [6, 6.07) is 2.02. The van der Waals surface area contributed by atoms with E-state index in [9.17, 15) is 5.11 Å². The summed E-state index contributed by atoms with van der Waals surface area (Å²) < 4.78 is 7.63. The average molecular weight is 391 g/mol. The van der Waals surface area contributed by atoms with Crippen molar-refractivity contribution in [2.24, 2.45) is 5.92 Å². The van der Waals surface area contributed by atoms with E-state index in [0.717, 1.165) is 28.6 Å².